The summed E-state index contributed by atoms with van der Waals surface area (Å²) in [4.78, 5) is 19.1. The summed E-state index contributed by atoms with van der Waals surface area (Å²) < 4.78 is 0. The molecule has 0 spiro atoms. The van der Waals surface area contributed by atoms with E-state index in [2.05, 4.69) is 57.0 Å². The summed E-state index contributed by atoms with van der Waals surface area (Å²) in [7, 11) is 0. The van der Waals surface area contributed by atoms with Crippen LogP contribution in [0.4, 0.5) is 5.69 Å². The highest BCUT2D eigenvalue weighted by Crippen LogP contribution is 2.23. The van der Waals surface area contributed by atoms with Crippen LogP contribution in [0.2, 0.25) is 0 Å². The van der Waals surface area contributed by atoms with Crippen molar-refractivity contribution in [3.05, 3.63) is 29.8 Å². The fourth-order valence-electron chi connectivity index (χ4n) is 3.22. The Morgan fingerprint density at radius 2 is 1.76 bits per heavy atom. The number of halogens is 1. The van der Waals surface area contributed by atoms with Gasteiger partial charge in [0.1, 0.15) is 0 Å². The molecule has 0 unspecified atom stereocenters. The molecule has 0 radical (unpaired) electrons. The Labute approximate surface area is 193 Å². The van der Waals surface area contributed by atoms with Gasteiger partial charge in [-0.05, 0) is 64.2 Å². The molecule has 1 saturated heterocycles. The first-order chi connectivity index (χ1) is 13.3. The smallest absolute Gasteiger partial charge is 0.239 e. The van der Waals surface area contributed by atoms with Gasteiger partial charge in [0.25, 0.3) is 0 Å². The van der Waals surface area contributed by atoms with Crippen LogP contribution in [0.3, 0.4) is 0 Å². The fraction of sp³-hybridized carbons (Fsp3) is 0.636. The molecule has 1 aliphatic rings. The van der Waals surface area contributed by atoms with Crippen molar-refractivity contribution in [2.45, 2.75) is 59.5 Å². The van der Waals surface area contributed by atoms with Gasteiger partial charge in [0.15, 0.2) is 5.96 Å². The van der Waals surface area contributed by atoms with Gasteiger partial charge in [-0.1, -0.05) is 19.1 Å². The summed E-state index contributed by atoms with van der Waals surface area (Å²) in [5.41, 5.74) is 2.22. The van der Waals surface area contributed by atoms with Gasteiger partial charge in [0.2, 0.25) is 5.91 Å². The number of benzene rings is 1. The molecule has 0 saturated carbocycles. The summed E-state index contributed by atoms with van der Waals surface area (Å²) >= 11 is 0. The minimum Gasteiger partial charge on any atom is -0.372 e. The first kappa shape index (κ1) is 25.5. The van der Waals surface area contributed by atoms with E-state index in [1.165, 1.54) is 18.5 Å². The molecule has 0 atom stereocenters. The number of carbonyl (C=O) groups is 1. The average Bonchev–Trinajstić information content (AvgIpc) is 2.64. The van der Waals surface area contributed by atoms with E-state index in [9.17, 15) is 4.79 Å². The van der Waals surface area contributed by atoms with Crippen molar-refractivity contribution in [3.8, 4) is 0 Å². The van der Waals surface area contributed by atoms with Crippen LogP contribution in [0.5, 0.6) is 0 Å². The second-order valence-corrected chi connectivity index (χ2v) is 8.68. The van der Waals surface area contributed by atoms with E-state index in [0.29, 0.717) is 12.5 Å². The monoisotopic (exact) mass is 515 g/mol. The second-order valence-electron chi connectivity index (χ2n) is 8.68. The number of rotatable bonds is 6. The van der Waals surface area contributed by atoms with Crippen molar-refractivity contribution >= 4 is 41.5 Å². The summed E-state index contributed by atoms with van der Waals surface area (Å²) in [5.74, 6) is 1.45. The minimum absolute atomic E-state index is 0. The molecule has 1 aromatic carbocycles. The number of anilines is 1. The van der Waals surface area contributed by atoms with Gasteiger partial charge in [-0.15, -0.1) is 24.0 Å². The first-order valence-corrected chi connectivity index (χ1v) is 10.4. The molecular formula is C22H38IN5O. The van der Waals surface area contributed by atoms with Crippen molar-refractivity contribution in [2.75, 3.05) is 31.1 Å². The quantitative estimate of drug-likeness (QED) is 0.308. The number of aliphatic imine (C=N–C) groups is 1. The summed E-state index contributed by atoms with van der Waals surface area (Å²) in [6.45, 7) is 14.1. The van der Waals surface area contributed by atoms with Gasteiger partial charge in [0, 0.05) is 30.9 Å². The maximum Gasteiger partial charge on any atom is 0.239 e. The molecular weight excluding hydrogens is 477 g/mol. The normalized spacial score (nSPS) is 15.5. The molecule has 1 aromatic rings. The number of piperidine rings is 1. The van der Waals surface area contributed by atoms with Crippen molar-refractivity contribution in [1.82, 2.24) is 16.0 Å². The number of hydrogen-bond acceptors (Lipinski definition) is 3. The van der Waals surface area contributed by atoms with Crippen molar-refractivity contribution in [2.24, 2.45) is 10.9 Å². The van der Waals surface area contributed by atoms with Crippen LogP contribution >= 0.6 is 24.0 Å². The van der Waals surface area contributed by atoms with E-state index in [4.69, 9.17) is 0 Å². The van der Waals surface area contributed by atoms with Crippen LogP contribution in [0.1, 0.15) is 53.0 Å². The van der Waals surface area contributed by atoms with Gasteiger partial charge in [-0.2, -0.15) is 0 Å². The van der Waals surface area contributed by atoms with E-state index in [-0.39, 0.29) is 42.0 Å². The molecule has 2 rings (SSSR count). The Morgan fingerprint density at radius 3 is 2.31 bits per heavy atom. The van der Waals surface area contributed by atoms with Crippen molar-refractivity contribution in [1.29, 1.82) is 0 Å². The SMILES string of the molecule is CCNC(=NCc1ccc(N2CCC(C)CC2)cc1)NCC(=O)NC(C)(C)C.I. The summed E-state index contributed by atoms with van der Waals surface area (Å²) in [6, 6.07) is 8.68. The van der Waals surface area contributed by atoms with E-state index in [0.717, 1.165) is 31.1 Å². The third kappa shape index (κ3) is 9.69. The molecule has 1 heterocycles. The topological polar surface area (TPSA) is 68.8 Å². The van der Waals surface area contributed by atoms with Crippen LogP contribution in [-0.2, 0) is 11.3 Å². The fourth-order valence-corrected chi connectivity index (χ4v) is 3.22. The lowest BCUT2D eigenvalue weighted by Gasteiger charge is -2.32. The molecule has 3 N–H and O–H groups in total. The predicted octanol–water partition coefficient (Wildman–Crippen LogP) is 3.51. The van der Waals surface area contributed by atoms with Crippen molar-refractivity contribution < 1.29 is 4.79 Å². The minimum atomic E-state index is -0.234. The molecule has 164 valence electrons. The Balaban J connectivity index is 0.00000420. The Kier molecular flexibility index (Phi) is 10.8. The van der Waals surface area contributed by atoms with Crippen LogP contribution in [-0.4, -0.2) is 43.6 Å². The van der Waals surface area contributed by atoms with E-state index in [1.807, 2.05) is 27.7 Å². The third-order valence-corrected chi connectivity index (χ3v) is 4.78. The lowest BCUT2D eigenvalue weighted by molar-refractivity contribution is -0.121. The first-order valence-electron chi connectivity index (χ1n) is 10.4. The average molecular weight is 515 g/mol. The molecule has 7 heteroatoms. The molecule has 29 heavy (non-hydrogen) atoms. The van der Waals surface area contributed by atoms with Gasteiger partial charge >= 0.3 is 0 Å². The van der Waals surface area contributed by atoms with Gasteiger partial charge in [-0.25, -0.2) is 4.99 Å². The molecule has 0 aliphatic carbocycles. The van der Waals surface area contributed by atoms with Crippen LogP contribution in [0.25, 0.3) is 0 Å². The number of hydrogen-bond donors (Lipinski definition) is 3. The number of nitrogens with one attached hydrogen (secondary N) is 3. The van der Waals surface area contributed by atoms with Gasteiger partial charge in [-0.3, -0.25) is 4.79 Å². The van der Waals surface area contributed by atoms with Crippen molar-refractivity contribution in [3.63, 3.8) is 0 Å². The zero-order valence-electron chi connectivity index (χ0n) is 18.5. The highest BCUT2D eigenvalue weighted by molar-refractivity contribution is 14.0. The Hall–Kier alpha value is -1.51. The molecule has 0 bridgehead atoms. The van der Waals surface area contributed by atoms with Crippen LogP contribution in [0.15, 0.2) is 29.3 Å². The molecule has 1 aliphatic heterocycles. The highest BCUT2D eigenvalue weighted by Gasteiger charge is 2.16. The van der Waals surface area contributed by atoms with E-state index in [1.54, 1.807) is 0 Å². The summed E-state index contributed by atoms with van der Waals surface area (Å²) in [5, 5.41) is 9.23. The Bertz CT molecular complexity index is 646. The number of guanidine groups is 1. The molecule has 1 fully saturated rings. The highest BCUT2D eigenvalue weighted by atomic mass is 127. The number of nitrogens with zero attached hydrogens (tertiary/aromatic N) is 2. The molecule has 0 aromatic heterocycles. The maximum atomic E-state index is 12.0. The second kappa shape index (κ2) is 12.2. The number of carbonyl (C=O) groups excluding carboxylic acids is 1. The summed E-state index contributed by atoms with van der Waals surface area (Å²) in [6.07, 6.45) is 2.54. The predicted molar refractivity (Wildman–Crippen MR) is 133 cm³/mol. The maximum absolute atomic E-state index is 12.0. The van der Waals surface area contributed by atoms with Gasteiger partial charge in [0.05, 0.1) is 13.1 Å². The van der Waals surface area contributed by atoms with E-state index >= 15 is 0 Å². The van der Waals surface area contributed by atoms with E-state index < -0.39 is 0 Å². The van der Waals surface area contributed by atoms with Gasteiger partial charge < -0.3 is 20.9 Å². The lowest BCUT2D eigenvalue weighted by Crippen LogP contribution is -2.48. The number of amides is 1. The van der Waals surface area contributed by atoms with Crippen LogP contribution < -0.4 is 20.9 Å². The Morgan fingerprint density at radius 1 is 1.14 bits per heavy atom. The van der Waals surface area contributed by atoms with Crippen LogP contribution in [0, 0.1) is 5.92 Å². The lowest BCUT2D eigenvalue weighted by atomic mass is 9.99. The zero-order chi connectivity index (χ0) is 20.6. The molecule has 1 amide bonds. The third-order valence-electron chi connectivity index (χ3n) is 4.78. The largest absolute Gasteiger partial charge is 0.372 e. The molecule has 6 nitrogen and oxygen atoms in total. The standard InChI is InChI=1S/C22H37N5O.HI/c1-6-23-21(25-16-20(28)26-22(3,4)5)24-15-18-7-9-19(10-8-18)27-13-11-17(2)12-14-27;/h7-10,17H,6,11-16H2,1-5H3,(H,26,28)(H2,23,24,25);1H. The zero-order valence-corrected chi connectivity index (χ0v) is 20.9.